The first-order chi connectivity index (χ1) is 27.0. The highest BCUT2D eigenvalue weighted by Gasteiger charge is 2.52. The molecule has 0 bridgehead atoms. The molecule has 0 fully saturated rings. The number of amides is 4. The van der Waals surface area contributed by atoms with Gasteiger partial charge in [-0.3, -0.25) is 19.2 Å². The minimum absolute atomic E-state index is 0.0169. The molecule has 0 saturated carbocycles. The Balaban J connectivity index is 1.23. The Morgan fingerprint density at radius 1 is 0.786 bits per heavy atom. The fraction of sp³-hybridized carbons (Fsp3) is 0.182. The van der Waals surface area contributed by atoms with Crippen molar-refractivity contribution >= 4 is 52.1 Å². The first-order valence-electron chi connectivity index (χ1n) is 18.2. The quantitative estimate of drug-likeness (QED) is 0.0616. The van der Waals surface area contributed by atoms with E-state index in [4.69, 9.17) is 11.5 Å². The minimum atomic E-state index is -2.06. The van der Waals surface area contributed by atoms with Gasteiger partial charge in [-0.05, 0) is 90.0 Å². The lowest BCUT2D eigenvalue weighted by Crippen LogP contribution is -2.44. The molecule has 0 aromatic heterocycles. The second-order valence-electron chi connectivity index (χ2n) is 13.7. The third kappa shape index (κ3) is 8.78. The van der Waals surface area contributed by atoms with Crippen molar-refractivity contribution in [3.05, 3.63) is 161 Å². The number of rotatable bonds is 14. The van der Waals surface area contributed by atoms with Gasteiger partial charge in [0.05, 0.1) is 18.8 Å². The highest BCUT2D eigenvalue weighted by atomic mass is 16.3. The van der Waals surface area contributed by atoms with Gasteiger partial charge in [0, 0.05) is 64.9 Å². The van der Waals surface area contributed by atoms with Gasteiger partial charge in [-0.15, -0.1) is 0 Å². The zero-order chi connectivity index (χ0) is 39.8. The third-order valence-electron chi connectivity index (χ3n) is 9.74. The predicted molar refractivity (Wildman–Crippen MR) is 217 cm³/mol. The fourth-order valence-corrected chi connectivity index (χ4v) is 6.59. The molecule has 56 heavy (non-hydrogen) atoms. The summed E-state index contributed by atoms with van der Waals surface area (Å²) in [4.78, 5) is 56.5. The van der Waals surface area contributed by atoms with Crippen LogP contribution in [0.2, 0.25) is 0 Å². The minimum Gasteiger partial charge on any atom is -0.399 e. The van der Waals surface area contributed by atoms with Crippen LogP contribution in [0.15, 0.2) is 133 Å². The number of nitrogens with one attached hydrogen (secondary N) is 2. The van der Waals surface area contributed by atoms with Crippen molar-refractivity contribution in [1.29, 1.82) is 0 Å². The van der Waals surface area contributed by atoms with Gasteiger partial charge in [-0.2, -0.15) is 0 Å². The summed E-state index contributed by atoms with van der Waals surface area (Å²) in [6, 6.07) is 34.4. The predicted octanol–water partition coefficient (Wildman–Crippen LogP) is 5.69. The van der Waals surface area contributed by atoms with E-state index in [0.717, 1.165) is 11.1 Å². The van der Waals surface area contributed by atoms with Crippen molar-refractivity contribution in [2.45, 2.75) is 32.0 Å². The second kappa shape index (κ2) is 17.1. The fourth-order valence-electron chi connectivity index (χ4n) is 6.59. The molecular formula is C44H44N6O6. The zero-order valence-corrected chi connectivity index (χ0v) is 30.9. The molecule has 12 nitrogen and oxygen atoms in total. The van der Waals surface area contributed by atoms with Crippen LogP contribution in [0.25, 0.3) is 0 Å². The van der Waals surface area contributed by atoms with Crippen LogP contribution in [0, 0.1) is 5.92 Å². The number of benzene rings is 5. The maximum absolute atomic E-state index is 14.4. The Hall–Kier alpha value is -6.76. The normalized spacial score (nSPS) is 15.3. The average molecular weight is 753 g/mol. The van der Waals surface area contributed by atoms with Gasteiger partial charge in [0.1, 0.15) is 0 Å². The van der Waals surface area contributed by atoms with Gasteiger partial charge in [0.2, 0.25) is 5.91 Å². The van der Waals surface area contributed by atoms with Gasteiger partial charge in [0.25, 0.3) is 17.7 Å². The highest BCUT2D eigenvalue weighted by Crippen LogP contribution is 2.47. The summed E-state index contributed by atoms with van der Waals surface area (Å²) in [5.74, 6) is -2.30. The summed E-state index contributed by atoms with van der Waals surface area (Å²) in [5.41, 5.74) is 14.7. The van der Waals surface area contributed by atoms with E-state index < -0.39 is 23.3 Å². The molecule has 4 amide bonds. The van der Waals surface area contributed by atoms with Crippen molar-refractivity contribution in [3.8, 4) is 0 Å². The van der Waals surface area contributed by atoms with Crippen LogP contribution in [-0.2, 0) is 28.3 Å². The molecule has 0 aliphatic carbocycles. The number of anilines is 5. The number of carbonyl (C=O) groups excluding carboxylic acids is 4. The number of nitrogens with zero attached hydrogens (tertiary/aromatic N) is 2. The largest absolute Gasteiger partial charge is 0.399 e. The molecule has 5 aromatic rings. The summed E-state index contributed by atoms with van der Waals surface area (Å²) in [6.07, 6.45) is 3.25. The van der Waals surface area contributed by atoms with Gasteiger partial charge < -0.3 is 42.1 Å². The molecule has 12 heteroatoms. The first-order valence-corrected chi connectivity index (χ1v) is 18.2. The number of aliphatic hydroxyl groups excluding tert-OH is 1. The molecule has 1 aliphatic heterocycles. The molecule has 0 spiro atoms. The Labute approximate surface area is 325 Å². The van der Waals surface area contributed by atoms with E-state index in [-0.39, 0.29) is 37.9 Å². The van der Waals surface area contributed by atoms with Crippen molar-refractivity contribution < 1.29 is 29.4 Å². The smallest absolute Gasteiger partial charge is 0.264 e. The molecule has 0 radical (unpaired) electrons. The standard InChI is InChI=1S/C44H44N6O6/c1-29(6-5-9-40(52)49(24-25-51)27-30-7-3-2-4-8-30)44(56)38-26-37(48-42(54)33-14-18-35(46)19-15-33)22-23-39(38)50(43(44)55)28-31-10-20-36(21-11-31)47-41(53)32-12-16-34(45)17-13-32/h2-8,10-23,26,29,51,56H,9,24-25,27-28,45-46H2,1H3,(H,47,53)(H,48,54)/b6-5+/t29-,44+/m1/s1. The van der Waals surface area contributed by atoms with E-state index in [0.29, 0.717) is 51.7 Å². The lowest BCUT2D eigenvalue weighted by atomic mass is 9.82. The molecule has 8 N–H and O–H groups in total. The molecule has 5 aromatic carbocycles. The van der Waals surface area contributed by atoms with Crippen molar-refractivity contribution in [2.24, 2.45) is 5.92 Å². The van der Waals surface area contributed by atoms with E-state index in [1.54, 1.807) is 115 Å². The van der Waals surface area contributed by atoms with Crippen LogP contribution in [0.1, 0.15) is 50.8 Å². The highest BCUT2D eigenvalue weighted by molar-refractivity contribution is 6.09. The van der Waals surface area contributed by atoms with Crippen molar-refractivity contribution in [2.75, 3.05) is 40.2 Å². The Kier molecular flexibility index (Phi) is 11.9. The van der Waals surface area contributed by atoms with E-state index in [1.165, 1.54) is 4.90 Å². The summed E-state index contributed by atoms with van der Waals surface area (Å²) in [6.45, 7) is 2.08. The molecule has 2 atom stereocenters. The topological polar surface area (TPSA) is 191 Å². The van der Waals surface area contributed by atoms with Crippen LogP contribution in [0.5, 0.6) is 0 Å². The number of hydrogen-bond acceptors (Lipinski definition) is 8. The lowest BCUT2D eigenvalue weighted by Gasteiger charge is -2.28. The third-order valence-corrected chi connectivity index (χ3v) is 9.74. The van der Waals surface area contributed by atoms with E-state index in [1.807, 2.05) is 30.3 Å². The summed E-state index contributed by atoms with van der Waals surface area (Å²) in [7, 11) is 0. The maximum Gasteiger partial charge on any atom is 0.264 e. The van der Waals surface area contributed by atoms with E-state index in [9.17, 15) is 29.4 Å². The van der Waals surface area contributed by atoms with Crippen molar-refractivity contribution in [3.63, 3.8) is 0 Å². The number of nitrogens with two attached hydrogens (primary N) is 2. The Morgan fingerprint density at radius 2 is 1.36 bits per heavy atom. The molecular weight excluding hydrogens is 709 g/mol. The summed E-state index contributed by atoms with van der Waals surface area (Å²) < 4.78 is 0. The number of aliphatic hydroxyl groups is 2. The number of carbonyl (C=O) groups is 4. The van der Waals surface area contributed by atoms with Gasteiger partial charge in [-0.1, -0.05) is 61.5 Å². The molecule has 1 heterocycles. The maximum atomic E-state index is 14.4. The molecule has 1 aliphatic rings. The molecule has 0 unspecified atom stereocenters. The van der Waals surface area contributed by atoms with Crippen LogP contribution in [-0.4, -0.2) is 51.9 Å². The SMILES string of the molecule is C[C@H](/C=C/CC(=O)N(CCO)Cc1ccccc1)[C@@]1(O)C(=O)N(Cc2ccc(NC(=O)c3ccc(N)cc3)cc2)c2ccc(NC(=O)c3ccc(N)cc3)cc21. The van der Waals surface area contributed by atoms with E-state index >= 15 is 0 Å². The second-order valence-corrected chi connectivity index (χ2v) is 13.7. The summed E-state index contributed by atoms with van der Waals surface area (Å²) in [5, 5.41) is 27.7. The molecule has 6 rings (SSSR count). The summed E-state index contributed by atoms with van der Waals surface area (Å²) >= 11 is 0. The van der Waals surface area contributed by atoms with Crippen LogP contribution in [0.4, 0.5) is 28.4 Å². The Bertz CT molecular complexity index is 2230. The van der Waals surface area contributed by atoms with Gasteiger partial charge in [0.15, 0.2) is 5.60 Å². The monoisotopic (exact) mass is 752 g/mol. The lowest BCUT2D eigenvalue weighted by molar-refractivity contribution is -0.139. The first kappa shape index (κ1) is 38.9. The number of nitrogen functional groups attached to an aromatic ring is 2. The zero-order valence-electron chi connectivity index (χ0n) is 30.9. The average Bonchev–Trinajstić information content (AvgIpc) is 3.41. The van der Waals surface area contributed by atoms with Crippen LogP contribution < -0.4 is 27.0 Å². The Morgan fingerprint density at radius 3 is 1.95 bits per heavy atom. The van der Waals surface area contributed by atoms with Gasteiger partial charge in [-0.25, -0.2) is 0 Å². The number of hydrogen-bond donors (Lipinski definition) is 6. The van der Waals surface area contributed by atoms with Crippen molar-refractivity contribution in [1.82, 2.24) is 4.90 Å². The van der Waals surface area contributed by atoms with Gasteiger partial charge >= 0.3 is 0 Å². The molecule has 0 saturated heterocycles. The molecule has 286 valence electrons. The van der Waals surface area contributed by atoms with Crippen LogP contribution in [0.3, 0.4) is 0 Å². The van der Waals surface area contributed by atoms with E-state index in [2.05, 4.69) is 10.6 Å². The van der Waals surface area contributed by atoms with Crippen LogP contribution >= 0.6 is 0 Å². The number of fused-ring (bicyclic) bond motifs is 1.